The highest BCUT2D eigenvalue weighted by Crippen LogP contribution is 2.23. The average molecular weight is 310 g/mol. The molecule has 0 bridgehead atoms. The molecule has 0 aliphatic carbocycles. The Balaban J connectivity index is 2.73. The molecule has 1 aromatic rings. The minimum Gasteiger partial charge on any atom is -0.464 e. The van der Waals surface area contributed by atoms with Gasteiger partial charge in [0.1, 0.15) is 11.1 Å². The Bertz CT molecular complexity index is 357. The van der Waals surface area contributed by atoms with Gasteiger partial charge in [-0.05, 0) is 6.42 Å². The molecular weight excluding hydrogens is 298 g/mol. The van der Waals surface area contributed by atoms with E-state index in [0.717, 1.165) is 11.3 Å². The highest BCUT2D eigenvalue weighted by Gasteiger charge is 2.22. The van der Waals surface area contributed by atoms with Gasteiger partial charge in [0.2, 0.25) is 0 Å². The molecule has 2 N–H and O–H groups in total. The molecule has 7 heteroatoms. The lowest BCUT2D eigenvalue weighted by Gasteiger charge is -2.13. The van der Waals surface area contributed by atoms with E-state index >= 15 is 0 Å². The van der Waals surface area contributed by atoms with Gasteiger partial charge in [-0.25, -0.2) is 9.78 Å². The number of hydrogen-bond acceptors (Lipinski definition) is 6. The summed E-state index contributed by atoms with van der Waals surface area (Å²) >= 11 is 4.29. The second-order valence-electron chi connectivity index (χ2n) is 3.05. The quantitative estimate of drug-likeness (QED) is 0.629. The molecule has 2 unspecified atom stereocenters. The summed E-state index contributed by atoms with van der Waals surface area (Å²) in [7, 11) is 1.26. The Morgan fingerprint density at radius 1 is 1.69 bits per heavy atom. The zero-order valence-electron chi connectivity index (χ0n) is 8.59. The van der Waals surface area contributed by atoms with E-state index in [9.17, 15) is 15.0 Å². The molecule has 0 fully saturated rings. The van der Waals surface area contributed by atoms with Gasteiger partial charge in [-0.1, -0.05) is 15.9 Å². The number of halogens is 1. The van der Waals surface area contributed by atoms with Crippen LogP contribution in [0.1, 0.15) is 28.0 Å². The van der Waals surface area contributed by atoms with Gasteiger partial charge < -0.3 is 14.9 Å². The van der Waals surface area contributed by atoms with Gasteiger partial charge in [0.05, 0.1) is 13.2 Å². The first-order chi connectivity index (χ1) is 7.60. The number of aliphatic hydroxyl groups is 2. The number of rotatable bonds is 5. The summed E-state index contributed by atoms with van der Waals surface area (Å²) < 4.78 is 4.49. The summed E-state index contributed by atoms with van der Waals surface area (Å²) in [5.74, 6) is -0.551. The molecule has 0 aliphatic heterocycles. The van der Waals surface area contributed by atoms with E-state index in [1.807, 2.05) is 0 Å². The molecule has 2 atom stereocenters. The minimum absolute atomic E-state index is 0.146. The maximum absolute atomic E-state index is 11.1. The summed E-state index contributed by atoms with van der Waals surface area (Å²) in [6, 6.07) is 0. The van der Waals surface area contributed by atoms with Gasteiger partial charge in [-0.15, -0.1) is 11.3 Å². The monoisotopic (exact) mass is 309 g/mol. The Morgan fingerprint density at radius 2 is 2.38 bits per heavy atom. The summed E-state index contributed by atoms with van der Waals surface area (Å²) in [5.41, 5.74) is 0.146. The lowest BCUT2D eigenvalue weighted by molar-refractivity contribution is 0.0170. The maximum Gasteiger partial charge on any atom is 0.357 e. The fourth-order valence-electron chi connectivity index (χ4n) is 1.06. The van der Waals surface area contributed by atoms with Gasteiger partial charge in [0.15, 0.2) is 5.69 Å². The number of ether oxygens (including phenoxy) is 1. The fourth-order valence-corrected chi connectivity index (χ4v) is 2.35. The van der Waals surface area contributed by atoms with E-state index in [1.54, 1.807) is 0 Å². The second-order valence-corrected chi connectivity index (χ2v) is 4.74. The van der Waals surface area contributed by atoms with Crippen LogP contribution >= 0.6 is 27.3 Å². The number of nitrogens with zero attached hydrogens (tertiary/aromatic N) is 1. The van der Waals surface area contributed by atoms with Gasteiger partial charge in [-0.2, -0.15) is 0 Å². The number of carbonyl (C=O) groups is 1. The number of aliphatic hydroxyl groups excluding tert-OH is 2. The first kappa shape index (κ1) is 13.6. The van der Waals surface area contributed by atoms with Crippen LogP contribution in [0.5, 0.6) is 0 Å². The summed E-state index contributed by atoms with van der Waals surface area (Å²) in [5, 5.41) is 21.6. The van der Waals surface area contributed by atoms with Crippen molar-refractivity contribution in [1.29, 1.82) is 0 Å². The van der Waals surface area contributed by atoms with E-state index in [4.69, 9.17) is 0 Å². The molecule has 16 heavy (non-hydrogen) atoms. The molecule has 0 amide bonds. The number of methoxy groups -OCH3 is 1. The zero-order valence-corrected chi connectivity index (χ0v) is 11.0. The molecule has 0 spiro atoms. The molecular formula is C9H12BrNO4S. The van der Waals surface area contributed by atoms with Crippen LogP contribution in [-0.2, 0) is 4.74 Å². The van der Waals surface area contributed by atoms with Crippen molar-refractivity contribution in [1.82, 2.24) is 4.98 Å². The Morgan fingerprint density at radius 3 is 2.94 bits per heavy atom. The number of aromatic nitrogens is 1. The van der Waals surface area contributed by atoms with Crippen LogP contribution < -0.4 is 0 Å². The molecule has 90 valence electrons. The Kier molecular flexibility index (Phi) is 5.33. The zero-order chi connectivity index (χ0) is 12.1. The van der Waals surface area contributed by atoms with Crippen LogP contribution in [0.25, 0.3) is 0 Å². The van der Waals surface area contributed by atoms with Crippen molar-refractivity contribution in [3.05, 3.63) is 16.1 Å². The van der Waals surface area contributed by atoms with Gasteiger partial charge in [0, 0.05) is 10.7 Å². The highest BCUT2D eigenvalue weighted by molar-refractivity contribution is 9.09. The van der Waals surface area contributed by atoms with Crippen molar-refractivity contribution in [2.24, 2.45) is 0 Å². The average Bonchev–Trinajstić information content (AvgIpc) is 2.76. The van der Waals surface area contributed by atoms with Crippen molar-refractivity contribution in [2.45, 2.75) is 18.6 Å². The normalized spacial score (nSPS) is 14.5. The molecule has 1 heterocycles. The Labute approximate surface area is 105 Å². The largest absolute Gasteiger partial charge is 0.464 e. The van der Waals surface area contributed by atoms with Crippen molar-refractivity contribution >= 4 is 33.2 Å². The fraction of sp³-hybridized carbons (Fsp3) is 0.556. The predicted octanol–water partition coefficient (Wildman–Crippen LogP) is 1.11. The van der Waals surface area contributed by atoms with Crippen molar-refractivity contribution in [2.75, 3.05) is 12.4 Å². The number of esters is 1. The molecule has 0 saturated carbocycles. The summed E-state index contributed by atoms with van der Waals surface area (Å²) in [6.07, 6.45) is -1.55. The number of alkyl halides is 1. The predicted molar refractivity (Wildman–Crippen MR) is 62.8 cm³/mol. The van der Waals surface area contributed by atoms with Gasteiger partial charge in [-0.3, -0.25) is 0 Å². The number of carbonyl (C=O) groups excluding carboxylic acids is 1. The van der Waals surface area contributed by atoms with Crippen molar-refractivity contribution in [3.8, 4) is 0 Å². The second kappa shape index (κ2) is 6.29. The van der Waals surface area contributed by atoms with E-state index in [2.05, 4.69) is 25.7 Å². The van der Waals surface area contributed by atoms with E-state index in [-0.39, 0.29) is 5.69 Å². The molecule has 0 aliphatic rings. The van der Waals surface area contributed by atoms with Gasteiger partial charge >= 0.3 is 5.97 Å². The third kappa shape index (κ3) is 3.24. The molecule has 1 rings (SSSR count). The van der Waals surface area contributed by atoms with Crippen LogP contribution in [0.15, 0.2) is 5.38 Å². The van der Waals surface area contributed by atoms with Crippen LogP contribution in [0.3, 0.4) is 0 Å². The van der Waals surface area contributed by atoms with Crippen LogP contribution in [-0.4, -0.2) is 39.7 Å². The van der Waals surface area contributed by atoms with E-state index in [0.29, 0.717) is 16.8 Å². The highest BCUT2D eigenvalue weighted by atomic mass is 79.9. The van der Waals surface area contributed by atoms with E-state index < -0.39 is 18.2 Å². The van der Waals surface area contributed by atoms with Crippen LogP contribution in [0, 0.1) is 0 Å². The third-order valence-electron chi connectivity index (χ3n) is 1.94. The summed E-state index contributed by atoms with van der Waals surface area (Å²) in [6.45, 7) is 0. The number of hydrogen-bond donors (Lipinski definition) is 2. The Hall–Kier alpha value is -0.500. The molecule has 0 radical (unpaired) electrons. The smallest absolute Gasteiger partial charge is 0.357 e. The lowest BCUT2D eigenvalue weighted by atomic mass is 10.2. The third-order valence-corrected chi connectivity index (χ3v) is 3.31. The SMILES string of the molecule is COC(=O)c1csc(C(O)C(O)CCBr)n1. The first-order valence-electron chi connectivity index (χ1n) is 4.56. The van der Waals surface area contributed by atoms with Crippen LogP contribution in [0.4, 0.5) is 0 Å². The van der Waals surface area contributed by atoms with Crippen LogP contribution in [0.2, 0.25) is 0 Å². The topological polar surface area (TPSA) is 79.7 Å². The molecule has 5 nitrogen and oxygen atoms in total. The van der Waals surface area contributed by atoms with Crippen molar-refractivity contribution in [3.63, 3.8) is 0 Å². The van der Waals surface area contributed by atoms with Gasteiger partial charge in [0.25, 0.3) is 0 Å². The lowest BCUT2D eigenvalue weighted by Crippen LogP contribution is -2.18. The van der Waals surface area contributed by atoms with E-state index in [1.165, 1.54) is 12.5 Å². The molecule has 0 aromatic carbocycles. The van der Waals surface area contributed by atoms with Crippen molar-refractivity contribution < 1.29 is 19.7 Å². The number of thiazole rings is 1. The molecule has 1 aromatic heterocycles. The minimum atomic E-state index is -1.07. The molecule has 0 saturated heterocycles. The summed E-state index contributed by atoms with van der Waals surface area (Å²) in [4.78, 5) is 15.0. The maximum atomic E-state index is 11.1. The standard InChI is InChI=1S/C9H12BrNO4S/c1-15-9(14)5-4-16-8(11-5)7(13)6(12)2-3-10/h4,6-7,12-13H,2-3H2,1H3. The first-order valence-corrected chi connectivity index (χ1v) is 6.56.